The summed E-state index contributed by atoms with van der Waals surface area (Å²) in [7, 11) is 0. The molecule has 126 valence electrons. The summed E-state index contributed by atoms with van der Waals surface area (Å²) in [5.41, 5.74) is 1.42. The Bertz CT molecular complexity index is 684. The van der Waals surface area contributed by atoms with E-state index in [2.05, 4.69) is 10.6 Å². The van der Waals surface area contributed by atoms with Crippen molar-refractivity contribution >= 4 is 17.0 Å². The lowest BCUT2D eigenvalue weighted by atomic mass is 10.1. The lowest BCUT2D eigenvalue weighted by molar-refractivity contribution is 0.230. The van der Waals surface area contributed by atoms with E-state index in [1.807, 2.05) is 20.8 Å². The second kappa shape index (κ2) is 7.46. The van der Waals surface area contributed by atoms with Gasteiger partial charge in [-0.05, 0) is 51.8 Å². The van der Waals surface area contributed by atoms with Crippen LogP contribution in [0.3, 0.4) is 0 Å². The first-order chi connectivity index (χ1) is 10.9. The van der Waals surface area contributed by atoms with Crippen molar-refractivity contribution in [2.24, 2.45) is 0 Å². The first-order valence-corrected chi connectivity index (χ1v) is 7.78. The van der Waals surface area contributed by atoms with Crippen LogP contribution in [0.25, 0.3) is 11.0 Å². The lowest BCUT2D eigenvalue weighted by Gasteiger charge is -2.17. The predicted octanol–water partition coefficient (Wildman–Crippen LogP) is 3.40. The number of aliphatic hydroxyl groups excluding tert-OH is 1. The fourth-order valence-electron chi connectivity index (χ4n) is 2.62. The fourth-order valence-corrected chi connectivity index (χ4v) is 2.62. The van der Waals surface area contributed by atoms with Gasteiger partial charge < -0.3 is 20.2 Å². The summed E-state index contributed by atoms with van der Waals surface area (Å²) in [6.45, 7) is 5.66. The van der Waals surface area contributed by atoms with Crippen LogP contribution in [0.4, 0.5) is 9.18 Å². The van der Waals surface area contributed by atoms with Gasteiger partial charge in [0.25, 0.3) is 0 Å². The average Bonchev–Trinajstić information content (AvgIpc) is 2.82. The molecule has 2 atom stereocenters. The molecular formula is C17H23FN2O3. The summed E-state index contributed by atoms with van der Waals surface area (Å²) in [5.74, 6) is 0.299. The zero-order valence-electron chi connectivity index (χ0n) is 13.6. The SMILES string of the molecule is Cc1c(C(C)NC(=O)NC(C)CCCO)oc2ccc(F)cc12. The number of halogens is 1. The summed E-state index contributed by atoms with van der Waals surface area (Å²) in [6.07, 6.45) is 1.35. The lowest BCUT2D eigenvalue weighted by Crippen LogP contribution is -2.41. The van der Waals surface area contributed by atoms with E-state index in [9.17, 15) is 9.18 Å². The molecule has 0 aliphatic carbocycles. The van der Waals surface area contributed by atoms with Crippen LogP contribution in [0.1, 0.15) is 44.1 Å². The Labute approximate surface area is 134 Å². The number of hydrogen-bond acceptors (Lipinski definition) is 3. The Kier molecular flexibility index (Phi) is 5.60. The number of carbonyl (C=O) groups excluding carboxylic acids is 1. The summed E-state index contributed by atoms with van der Waals surface area (Å²) >= 11 is 0. The highest BCUT2D eigenvalue weighted by molar-refractivity contribution is 5.82. The highest BCUT2D eigenvalue weighted by Crippen LogP contribution is 2.29. The molecule has 0 bridgehead atoms. The van der Waals surface area contributed by atoms with E-state index in [1.165, 1.54) is 12.1 Å². The third kappa shape index (κ3) is 4.22. The minimum atomic E-state index is -0.337. The van der Waals surface area contributed by atoms with Crippen LogP contribution < -0.4 is 10.6 Å². The number of aliphatic hydroxyl groups is 1. The van der Waals surface area contributed by atoms with E-state index in [4.69, 9.17) is 9.52 Å². The zero-order chi connectivity index (χ0) is 17.0. The van der Waals surface area contributed by atoms with E-state index in [0.717, 1.165) is 5.56 Å². The number of urea groups is 1. The minimum absolute atomic E-state index is 0.0276. The van der Waals surface area contributed by atoms with Crippen molar-refractivity contribution in [3.8, 4) is 0 Å². The van der Waals surface area contributed by atoms with Gasteiger partial charge in [0.05, 0.1) is 6.04 Å². The molecule has 1 heterocycles. The van der Waals surface area contributed by atoms with Crippen LogP contribution in [0.15, 0.2) is 22.6 Å². The second-order valence-electron chi connectivity index (χ2n) is 5.84. The number of rotatable bonds is 6. The van der Waals surface area contributed by atoms with Crippen molar-refractivity contribution in [1.82, 2.24) is 10.6 Å². The Hall–Kier alpha value is -2.08. The number of carbonyl (C=O) groups is 1. The molecule has 2 amide bonds. The molecule has 2 unspecified atom stereocenters. The Morgan fingerprint density at radius 2 is 2.09 bits per heavy atom. The molecule has 2 aromatic rings. The monoisotopic (exact) mass is 322 g/mol. The van der Waals surface area contributed by atoms with Gasteiger partial charge in [0.1, 0.15) is 17.2 Å². The third-order valence-electron chi connectivity index (χ3n) is 3.85. The Morgan fingerprint density at radius 1 is 1.35 bits per heavy atom. The van der Waals surface area contributed by atoms with Crippen molar-refractivity contribution < 1.29 is 18.7 Å². The van der Waals surface area contributed by atoms with E-state index >= 15 is 0 Å². The predicted molar refractivity (Wildman–Crippen MR) is 86.8 cm³/mol. The maximum Gasteiger partial charge on any atom is 0.315 e. The number of hydrogen-bond donors (Lipinski definition) is 3. The van der Waals surface area contributed by atoms with Gasteiger partial charge in [-0.3, -0.25) is 0 Å². The highest BCUT2D eigenvalue weighted by atomic mass is 19.1. The van der Waals surface area contributed by atoms with Gasteiger partial charge in [-0.2, -0.15) is 0 Å². The average molecular weight is 322 g/mol. The number of fused-ring (bicyclic) bond motifs is 1. The normalized spacial score (nSPS) is 13.8. The molecular weight excluding hydrogens is 299 g/mol. The van der Waals surface area contributed by atoms with Crippen molar-refractivity contribution in [3.05, 3.63) is 35.3 Å². The Morgan fingerprint density at radius 3 is 2.78 bits per heavy atom. The number of amides is 2. The molecule has 0 aliphatic heterocycles. The highest BCUT2D eigenvalue weighted by Gasteiger charge is 2.19. The van der Waals surface area contributed by atoms with Gasteiger partial charge >= 0.3 is 6.03 Å². The molecule has 0 saturated heterocycles. The molecule has 2 rings (SSSR count). The Balaban J connectivity index is 2.04. The molecule has 1 aromatic heterocycles. The molecule has 6 heteroatoms. The van der Waals surface area contributed by atoms with Crippen molar-refractivity contribution in [1.29, 1.82) is 0 Å². The maximum atomic E-state index is 13.3. The van der Waals surface area contributed by atoms with Gasteiger partial charge in [-0.1, -0.05) is 0 Å². The molecule has 1 aromatic carbocycles. The molecule has 5 nitrogen and oxygen atoms in total. The maximum absolute atomic E-state index is 13.3. The van der Waals surface area contributed by atoms with Crippen LogP contribution in [-0.4, -0.2) is 23.8 Å². The number of aryl methyl sites for hydroxylation is 1. The van der Waals surface area contributed by atoms with Crippen molar-refractivity contribution in [3.63, 3.8) is 0 Å². The van der Waals surface area contributed by atoms with E-state index < -0.39 is 0 Å². The van der Waals surface area contributed by atoms with E-state index in [0.29, 0.717) is 29.6 Å². The van der Waals surface area contributed by atoms with Gasteiger partial charge in [0, 0.05) is 23.6 Å². The molecule has 0 radical (unpaired) electrons. The largest absolute Gasteiger partial charge is 0.459 e. The van der Waals surface area contributed by atoms with Gasteiger partial charge in [0.15, 0.2) is 0 Å². The summed E-state index contributed by atoms with van der Waals surface area (Å²) in [6, 6.07) is 3.71. The summed E-state index contributed by atoms with van der Waals surface area (Å²) in [4.78, 5) is 12.0. The van der Waals surface area contributed by atoms with Crippen LogP contribution in [0.5, 0.6) is 0 Å². The first kappa shape index (κ1) is 17.3. The number of nitrogens with one attached hydrogen (secondary N) is 2. The summed E-state index contributed by atoms with van der Waals surface area (Å²) in [5, 5.41) is 15.1. The molecule has 23 heavy (non-hydrogen) atoms. The molecule has 0 saturated carbocycles. The first-order valence-electron chi connectivity index (χ1n) is 7.78. The van der Waals surface area contributed by atoms with Gasteiger partial charge in [0.2, 0.25) is 0 Å². The van der Waals surface area contributed by atoms with Gasteiger partial charge in [-0.15, -0.1) is 0 Å². The topological polar surface area (TPSA) is 74.5 Å². The summed E-state index contributed by atoms with van der Waals surface area (Å²) < 4.78 is 19.1. The quantitative estimate of drug-likeness (QED) is 0.763. The molecule has 0 fully saturated rings. The standard InChI is InChI=1S/C17H23FN2O3/c1-10(5-4-8-21)19-17(22)20-12(3)16-11(2)14-9-13(18)6-7-15(14)23-16/h6-7,9-10,12,21H,4-5,8H2,1-3H3,(H2,19,20,22). The van der Waals surface area contributed by atoms with Crippen LogP contribution in [0, 0.1) is 12.7 Å². The molecule has 0 spiro atoms. The van der Waals surface area contributed by atoms with Crippen LogP contribution in [-0.2, 0) is 0 Å². The molecule has 3 N–H and O–H groups in total. The van der Waals surface area contributed by atoms with Crippen LogP contribution >= 0.6 is 0 Å². The zero-order valence-corrected chi connectivity index (χ0v) is 13.6. The second-order valence-corrected chi connectivity index (χ2v) is 5.84. The van der Waals surface area contributed by atoms with E-state index in [-0.39, 0.29) is 30.5 Å². The van der Waals surface area contributed by atoms with Crippen LogP contribution in [0.2, 0.25) is 0 Å². The van der Waals surface area contributed by atoms with E-state index in [1.54, 1.807) is 6.07 Å². The number of benzene rings is 1. The third-order valence-corrected chi connectivity index (χ3v) is 3.85. The smallest absolute Gasteiger partial charge is 0.315 e. The fraction of sp³-hybridized carbons (Fsp3) is 0.471. The van der Waals surface area contributed by atoms with Gasteiger partial charge in [-0.25, -0.2) is 9.18 Å². The van der Waals surface area contributed by atoms with Crippen molar-refractivity contribution in [2.45, 2.75) is 45.7 Å². The molecule has 0 aliphatic rings. The number of furan rings is 1. The minimum Gasteiger partial charge on any atom is -0.459 e. The van der Waals surface area contributed by atoms with Crippen molar-refractivity contribution in [2.75, 3.05) is 6.61 Å².